The predicted molar refractivity (Wildman–Crippen MR) is 58.0 cm³/mol. The Morgan fingerprint density at radius 3 is 2.64 bits per heavy atom. The smallest absolute Gasteiger partial charge is 0.254 e. The van der Waals surface area contributed by atoms with Gasteiger partial charge in [0.25, 0.3) is 5.91 Å². The minimum Gasteiger partial charge on any atom is -0.494 e. The summed E-state index contributed by atoms with van der Waals surface area (Å²) in [4.78, 5) is 11.3. The van der Waals surface area contributed by atoms with E-state index < -0.39 is 0 Å². The third kappa shape index (κ3) is 2.29. The molecule has 0 spiro atoms. The molecule has 0 atom stereocenters. The molecule has 5 heteroatoms. The molecule has 0 saturated carbocycles. The van der Waals surface area contributed by atoms with Gasteiger partial charge in [-0.05, 0) is 12.1 Å². The topological polar surface area (TPSA) is 64.4 Å². The Morgan fingerprint density at radius 2 is 2.14 bits per heavy atom. The van der Waals surface area contributed by atoms with E-state index in [1.54, 1.807) is 25.2 Å². The first-order valence-corrected chi connectivity index (χ1v) is 3.85. The van der Waals surface area contributed by atoms with Gasteiger partial charge in [-0.2, -0.15) is 0 Å². The molecule has 0 radical (unpaired) electrons. The molecule has 0 bridgehead atoms. The Morgan fingerprint density at radius 1 is 1.50 bits per heavy atom. The van der Waals surface area contributed by atoms with Crippen molar-refractivity contribution in [2.75, 3.05) is 19.9 Å². The zero-order valence-corrected chi connectivity index (χ0v) is 8.85. The summed E-state index contributed by atoms with van der Waals surface area (Å²) in [6.45, 7) is 0. The third-order valence-electron chi connectivity index (χ3n) is 1.72. The van der Waals surface area contributed by atoms with Crippen LogP contribution in [-0.2, 0) is 0 Å². The molecule has 0 aliphatic carbocycles. The number of ether oxygens (including phenoxy) is 1. The van der Waals surface area contributed by atoms with E-state index in [9.17, 15) is 4.79 Å². The molecule has 1 rings (SSSR count). The summed E-state index contributed by atoms with van der Waals surface area (Å²) in [6, 6.07) is 5.06. The molecule has 1 amide bonds. The van der Waals surface area contributed by atoms with Gasteiger partial charge in [-0.25, -0.2) is 0 Å². The van der Waals surface area contributed by atoms with Crippen LogP contribution in [0.3, 0.4) is 0 Å². The fraction of sp³-hybridized carbons (Fsp3) is 0.222. The van der Waals surface area contributed by atoms with Crippen molar-refractivity contribution in [3.05, 3.63) is 23.8 Å². The number of methoxy groups -OCH3 is 1. The number of benzene rings is 1. The minimum absolute atomic E-state index is 0. The van der Waals surface area contributed by atoms with Crippen LogP contribution in [0.25, 0.3) is 0 Å². The lowest BCUT2D eigenvalue weighted by molar-refractivity contribution is 0.0960. The van der Waals surface area contributed by atoms with E-state index in [4.69, 9.17) is 10.5 Å². The number of halogens is 1. The SMILES string of the molecule is CNC(=O)c1cccc(N)c1OC.Cl. The highest BCUT2D eigenvalue weighted by molar-refractivity contribution is 5.98. The quantitative estimate of drug-likeness (QED) is 0.727. The van der Waals surface area contributed by atoms with Crippen molar-refractivity contribution in [2.24, 2.45) is 0 Å². The average Bonchev–Trinajstić information content (AvgIpc) is 2.16. The normalized spacial score (nSPS) is 8.71. The molecule has 1 aromatic rings. The van der Waals surface area contributed by atoms with Crippen LogP contribution in [0.1, 0.15) is 10.4 Å². The van der Waals surface area contributed by atoms with Crippen molar-refractivity contribution in [3.8, 4) is 5.75 Å². The Kier molecular flexibility index (Phi) is 4.80. The lowest BCUT2D eigenvalue weighted by Gasteiger charge is -2.08. The second kappa shape index (κ2) is 5.34. The van der Waals surface area contributed by atoms with Crippen molar-refractivity contribution in [3.63, 3.8) is 0 Å². The van der Waals surface area contributed by atoms with Crippen LogP contribution >= 0.6 is 12.4 Å². The summed E-state index contributed by atoms with van der Waals surface area (Å²) in [5, 5.41) is 2.51. The summed E-state index contributed by atoms with van der Waals surface area (Å²) in [7, 11) is 3.04. The molecular weight excluding hydrogens is 204 g/mol. The van der Waals surface area contributed by atoms with Crippen LogP contribution in [0.15, 0.2) is 18.2 Å². The Labute approximate surface area is 88.8 Å². The molecule has 0 aliphatic rings. The predicted octanol–water partition coefficient (Wildman–Crippen LogP) is 1.06. The van der Waals surface area contributed by atoms with Crippen LogP contribution in [0.5, 0.6) is 5.75 Å². The van der Waals surface area contributed by atoms with Gasteiger partial charge < -0.3 is 15.8 Å². The fourth-order valence-corrected chi connectivity index (χ4v) is 1.10. The molecule has 14 heavy (non-hydrogen) atoms. The van der Waals surface area contributed by atoms with E-state index in [1.807, 2.05) is 0 Å². The van der Waals surface area contributed by atoms with Crippen molar-refractivity contribution in [1.82, 2.24) is 5.32 Å². The Bertz CT molecular complexity index is 329. The zero-order valence-electron chi connectivity index (χ0n) is 8.03. The number of carbonyl (C=O) groups excluding carboxylic acids is 1. The van der Waals surface area contributed by atoms with E-state index in [1.165, 1.54) is 7.11 Å². The van der Waals surface area contributed by atoms with Crippen molar-refractivity contribution < 1.29 is 9.53 Å². The first kappa shape index (κ1) is 12.6. The van der Waals surface area contributed by atoms with E-state index in [0.717, 1.165) is 0 Å². The lowest BCUT2D eigenvalue weighted by atomic mass is 10.1. The molecule has 78 valence electrons. The van der Waals surface area contributed by atoms with Crippen molar-refractivity contribution in [2.45, 2.75) is 0 Å². The summed E-state index contributed by atoms with van der Waals surface area (Å²) < 4.78 is 5.01. The van der Waals surface area contributed by atoms with Crippen molar-refractivity contribution in [1.29, 1.82) is 0 Å². The van der Waals surface area contributed by atoms with Gasteiger partial charge in [0, 0.05) is 7.05 Å². The van der Waals surface area contributed by atoms with Crippen LogP contribution in [-0.4, -0.2) is 20.1 Å². The molecule has 1 aromatic carbocycles. The number of nitrogens with two attached hydrogens (primary N) is 1. The molecule has 3 N–H and O–H groups in total. The van der Waals surface area contributed by atoms with E-state index in [2.05, 4.69) is 5.32 Å². The highest BCUT2D eigenvalue weighted by Gasteiger charge is 2.11. The number of para-hydroxylation sites is 1. The van der Waals surface area contributed by atoms with Gasteiger partial charge in [0.15, 0.2) is 5.75 Å². The van der Waals surface area contributed by atoms with Gasteiger partial charge in [-0.15, -0.1) is 12.4 Å². The molecule has 0 fully saturated rings. The molecule has 0 heterocycles. The van der Waals surface area contributed by atoms with Gasteiger partial charge >= 0.3 is 0 Å². The summed E-state index contributed by atoms with van der Waals surface area (Å²) in [5.41, 5.74) is 6.53. The highest BCUT2D eigenvalue weighted by atomic mass is 35.5. The number of hydrogen-bond donors (Lipinski definition) is 2. The number of nitrogen functional groups attached to an aromatic ring is 1. The first-order chi connectivity index (χ1) is 6.20. The summed E-state index contributed by atoms with van der Waals surface area (Å²) in [6.07, 6.45) is 0. The molecule has 4 nitrogen and oxygen atoms in total. The molecule has 0 aromatic heterocycles. The number of amides is 1. The average molecular weight is 217 g/mol. The lowest BCUT2D eigenvalue weighted by Crippen LogP contribution is -2.19. The van der Waals surface area contributed by atoms with Crippen LogP contribution < -0.4 is 15.8 Å². The van der Waals surface area contributed by atoms with Gasteiger partial charge in [0.2, 0.25) is 0 Å². The van der Waals surface area contributed by atoms with Gasteiger partial charge in [0.05, 0.1) is 18.4 Å². The summed E-state index contributed by atoms with van der Waals surface area (Å²) in [5.74, 6) is 0.214. The Hall–Kier alpha value is -1.42. The largest absolute Gasteiger partial charge is 0.494 e. The number of rotatable bonds is 2. The van der Waals surface area contributed by atoms with Gasteiger partial charge in [-0.3, -0.25) is 4.79 Å². The standard InChI is InChI=1S/C9H12N2O2.ClH/c1-11-9(12)6-4-3-5-7(10)8(6)13-2;/h3-5H,10H2,1-2H3,(H,11,12);1H. The van der Waals surface area contributed by atoms with E-state index in [0.29, 0.717) is 17.0 Å². The maximum atomic E-state index is 11.3. The zero-order chi connectivity index (χ0) is 9.84. The highest BCUT2D eigenvalue weighted by Crippen LogP contribution is 2.25. The number of anilines is 1. The third-order valence-corrected chi connectivity index (χ3v) is 1.72. The monoisotopic (exact) mass is 216 g/mol. The Balaban J connectivity index is 0.00000169. The van der Waals surface area contributed by atoms with E-state index in [-0.39, 0.29) is 18.3 Å². The van der Waals surface area contributed by atoms with Crippen LogP contribution in [0.2, 0.25) is 0 Å². The molecular formula is C9H13ClN2O2. The fourth-order valence-electron chi connectivity index (χ4n) is 1.10. The molecule has 0 unspecified atom stereocenters. The molecule has 0 saturated heterocycles. The van der Waals surface area contributed by atoms with Crippen LogP contribution in [0.4, 0.5) is 5.69 Å². The van der Waals surface area contributed by atoms with Gasteiger partial charge in [0.1, 0.15) is 0 Å². The number of carbonyl (C=O) groups is 1. The second-order valence-corrected chi connectivity index (χ2v) is 2.51. The number of nitrogens with one attached hydrogen (secondary N) is 1. The van der Waals surface area contributed by atoms with Crippen molar-refractivity contribution >= 4 is 24.0 Å². The first-order valence-electron chi connectivity index (χ1n) is 3.85. The molecule has 0 aliphatic heterocycles. The van der Waals surface area contributed by atoms with E-state index >= 15 is 0 Å². The van der Waals surface area contributed by atoms with Crippen LogP contribution in [0, 0.1) is 0 Å². The summed E-state index contributed by atoms with van der Waals surface area (Å²) >= 11 is 0. The maximum Gasteiger partial charge on any atom is 0.254 e. The maximum absolute atomic E-state index is 11.3. The second-order valence-electron chi connectivity index (χ2n) is 2.51. The number of hydrogen-bond acceptors (Lipinski definition) is 3. The van der Waals surface area contributed by atoms with Gasteiger partial charge in [-0.1, -0.05) is 6.07 Å². The minimum atomic E-state index is -0.204.